The fourth-order valence-corrected chi connectivity index (χ4v) is 3.51. The number of nitrogens with one attached hydrogen (secondary N) is 1. The maximum atomic E-state index is 9.57. The zero-order chi connectivity index (χ0) is 12.4. The molecule has 1 fully saturated rings. The second-order valence-electron chi connectivity index (χ2n) is 4.58. The van der Waals surface area contributed by atoms with Crippen molar-refractivity contribution in [1.82, 2.24) is 4.98 Å². The van der Waals surface area contributed by atoms with Gasteiger partial charge in [-0.2, -0.15) is 11.8 Å². The van der Waals surface area contributed by atoms with E-state index in [0.29, 0.717) is 5.25 Å². The maximum absolute atomic E-state index is 9.57. The predicted octanol–water partition coefficient (Wildman–Crippen LogP) is 3.25. The van der Waals surface area contributed by atoms with Crippen LogP contribution in [0, 0.1) is 0 Å². The Morgan fingerprint density at radius 3 is 3.17 bits per heavy atom. The molecule has 1 aromatic carbocycles. The molecule has 1 aliphatic rings. The topological polar surface area (TPSA) is 45.2 Å². The highest BCUT2D eigenvalue weighted by molar-refractivity contribution is 8.00. The molecule has 2 heterocycles. The Bertz CT molecular complexity index is 552. The summed E-state index contributed by atoms with van der Waals surface area (Å²) in [5.74, 6) is 2.43. The van der Waals surface area contributed by atoms with Crippen LogP contribution in [0.2, 0.25) is 0 Å². The van der Waals surface area contributed by atoms with Gasteiger partial charge in [0, 0.05) is 23.4 Å². The lowest BCUT2D eigenvalue weighted by Crippen LogP contribution is -2.14. The Morgan fingerprint density at radius 1 is 1.39 bits per heavy atom. The van der Waals surface area contributed by atoms with E-state index in [1.807, 2.05) is 30.1 Å². The quantitative estimate of drug-likeness (QED) is 0.889. The number of pyridine rings is 1. The number of aromatic nitrogens is 1. The zero-order valence-corrected chi connectivity index (χ0v) is 10.9. The monoisotopic (exact) mass is 260 g/mol. The first kappa shape index (κ1) is 11.7. The standard InChI is InChI=1S/C14H16N2OS/c17-11-4-3-10-5-6-15-14(13(10)8-11)16-9-12-2-1-7-18-12/h3-6,8,12,17H,1-2,7,9H2,(H,15,16). The van der Waals surface area contributed by atoms with Crippen molar-refractivity contribution in [2.75, 3.05) is 17.6 Å². The van der Waals surface area contributed by atoms with E-state index >= 15 is 0 Å². The molecule has 0 saturated carbocycles. The molecule has 1 aromatic heterocycles. The van der Waals surface area contributed by atoms with Gasteiger partial charge in [-0.1, -0.05) is 6.07 Å². The van der Waals surface area contributed by atoms with E-state index in [1.54, 1.807) is 12.1 Å². The first-order valence-electron chi connectivity index (χ1n) is 6.26. The summed E-state index contributed by atoms with van der Waals surface area (Å²) in [7, 11) is 0. The van der Waals surface area contributed by atoms with Crippen molar-refractivity contribution < 1.29 is 5.11 Å². The van der Waals surface area contributed by atoms with Gasteiger partial charge >= 0.3 is 0 Å². The molecular weight excluding hydrogens is 244 g/mol. The highest BCUT2D eigenvalue weighted by Gasteiger charge is 2.15. The van der Waals surface area contributed by atoms with Crippen LogP contribution >= 0.6 is 11.8 Å². The van der Waals surface area contributed by atoms with Crippen molar-refractivity contribution in [1.29, 1.82) is 0 Å². The van der Waals surface area contributed by atoms with E-state index in [2.05, 4.69) is 10.3 Å². The van der Waals surface area contributed by atoms with Crippen LogP contribution in [0.25, 0.3) is 10.8 Å². The molecule has 1 unspecified atom stereocenters. The number of fused-ring (bicyclic) bond motifs is 1. The van der Waals surface area contributed by atoms with Gasteiger partial charge in [-0.3, -0.25) is 0 Å². The minimum atomic E-state index is 0.286. The number of hydrogen-bond acceptors (Lipinski definition) is 4. The van der Waals surface area contributed by atoms with E-state index in [-0.39, 0.29) is 5.75 Å². The van der Waals surface area contributed by atoms with Gasteiger partial charge in [0.1, 0.15) is 11.6 Å². The smallest absolute Gasteiger partial charge is 0.133 e. The van der Waals surface area contributed by atoms with Gasteiger partial charge in [-0.05, 0) is 42.2 Å². The molecule has 1 saturated heterocycles. The fourth-order valence-electron chi connectivity index (χ4n) is 2.31. The predicted molar refractivity (Wildman–Crippen MR) is 77.4 cm³/mol. The molecule has 0 bridgehead atoms. The Balaban J connectivity index is 1.84. The van der Waals surface area contributed by atoms with E-state index in [9.17, 15) is 5.11 Å². The number of nitrogens with zero attached hydrogens (tertiary/aromatic N) is 1. The van der Waals surface area contributed by atoms with Crippen LogP contribution in [0.3, 0.4) is 0 Å². The van der Waals surface area contributed by atoms with Crippen molar-refractivity contribution in [2.45, 2.75) is 18.1 Å². The SMILES string of the molecule is Oc1ccc2ccnc(NCC3CCCS3)c2c1. The largest absolute Gasteiger partial charge is 0.508 e. The number of phenols is 1. The van der Waals surface area contributed by atoms with Crippen LogP contribution in [0.5, 0.6) is 5.75 Å². The summed E-state index contributed by atoms with van der Waals surface area (Å²) in [6, 6.07) is 7.36. The molecule has 0 aliphatic carbocycles. The van der Waals surface area contributed by atoms with Crippen molar-refractivity contribution in [3.8, 4) is 5.75 Å². The third-order valence-electron chi connectivity index (χ3n) is 3.27. The molecule has 0 amide bonds. The van der Waals surface area contributed by atoms with Gasteiger partial charge in [0.25, 0.3) is 0 Å². The van der Waals surface area contributed by atoms with E-state index in [0.717, 1.165) is 23.1 Å². The number of aromatic hydroxyl groups is 1. The van der Waals surface area contributed by atoms with Gasteiger partial charge in [-0.15, -0.1) is 0 Å². The minimum Gasteiger partial charge on any atom is -0.508 e. The molecule has 2 N–H and O–H groups in total. The molecule has 3 rings (SSSR count). The molecule has 4 heteroatoms. The van der Waals surface area contributed by atoms with E-state index in [4.69, 9.17) is 0 Å². The zero-order valence-electron chi connectivity index (χ0n) is 10.1. The molecule has 0 spiro atoms. The van der Waals surface area contributed by atoms with E-state index < -0.39 is 0 Å². The maximum Gasteiger partial charge on any atom is 0.133 e. The second kappa shape index (κ2) is 5.06. The summed E-state index contributed by atoms with van der Waals surface area (Å²) in [6.45, 7) is 0.951. The molecule has 3 nitrogen and oxygen atoms in total. The van der Waals surface area contributed by atoms with Crippen LogP contribution < -0.4 is 5.32 Å². The van der Waals surface area contributed by atoms with Crippen molar-refractivity contribution in [2.24, 2.45) is 0 Å². The highest BCUT2D eigenvalue weighted by Crippen LogP contribution is 2.28. The van der Waals surface area contributed by atoms with Crippen LogP contribution in [-0.2, 0) is 0 Å². The normalized spacial score (nSPS) is 19.2. The summed E-state index contributed by atoms with van der Waals surface area (Å²) >= 11 is 2.03. The summed E-state index contributed by atoms with van der Waals surface area (Å²) in [5.41, 5.74) is 0. The number of benzene rings is 1. The summed E-state index contributed by atoms with van der Waals surface area (Å²) in [5, 5.41) is 15.8. The molecule has 0 radical (unpaired) electrons. The van der Waals surface area contributed by atoms with Gasteiger partial charge < -0.3 is 10.4 Å². The third-order valence-corrected chi connectivity index (χ3v) is 4.67. The van der Waals surface area contributed by atoms with E-state index in [1.165, 1.54) is 18.6 Å². The molecule has 18 heavy (non-hydrogen) atoms. The number of rotatable bonds is 3. The van der Waals surface area contributed by atoms with Gasteiger partial charge in [0.2, 0.25) is 0 Å². The Hall–Kier alpha value is -1.42. The van der Waals surface area contributed by atoms with Gasteiger partial charge in [-0.25, -0.2) is 4.98 Å². The minimum absolute atomic E-state index is 0.286. The average Bonchev–Trinajstić information content (AvgIpc) is 2.89. The fraction of sp³-hybridized carbons (Fsp3) is 0.357. The summed E-state index contributed by atoms with van der Waals surface area (Å²) in [6.07, 6.45) is 4.41. The number of anilines is 1. The first-order chi connectivity index (χ1) is 8.83. The lowest BCUT2D eigenvalue weighted by atomic mass is 10.1. The van der Waals surface area contributed by atoms with Crippen molar-refractivity contribution in [3.63, 3.8) is 0 Å². The van der Waals surface area contributed by atoms with Crippen molar-refractivity contribution in [3.05, 3.63) is 30.5 Å². The molecular formula is C14H16N2OS. The average molecular weight is 260 g/mol. The molecule has 2 aromatic rings. The number of hydrogen-bond donors (Lipinski definition) is 2. The number of thioether (sulfide) groups is 1. The first-order valence-corrected chi connectivity index (χ1v) is 7.31. The summed E-state index contributed by atoms with van der Waals surface area (Å²) in [4.78, 5) is 4.38. The third kappa shape index (κ3) is 2.38. The van der Waals surface area contributed by atoms with Crippen LogP contribution in [-0.4, -0.2) is 27.6 Å². The Morgan fingerprint density at radius 2 is 2.33 bits per heavy atom. The summed E-state index contributed by atoms with van der Waals surface area (Å²) < 4.78 is 0. The van der Waals surface area contributed by atoms with Crippen molar-refractivity contribution >= 4 is 28.4 Å². The number of phenolic OH excluding ortho intramolecular Hbond substituents is 1. The van der Waals surface area contributed by atoms with Crippen LogP contribution in [0.4, 0.5) is 5.82 Å². The lowest BCUT2D eigenvalue weighted by Gasteiger charge is -2.12. The van der Waals surface area contributed by atoms with Crippen LogP contribution in [0.15, 0.2) is 30.5 Å². The van der Waals surface area contributed by atoms with Gasteiger partial charge in [0.15, 0.2) is 0 Å². The van der Waals surface area contributed by atoms with Gasteiger partial charge in [0.05, 0.1) is 0 Å². The Kier molecular flexibility index (Phi) is 3.28. The lowest BCUT2D eigenvalue weighted by molar-refractivity contribution is 0.476. The highest BCUT2D eigenvalue weighted by atomic mass is 32.2. The molecule has 94 valence electrons. The molecule has 1 atom stereocenters. The molecule has 1 aliphatic heterocycles. The van der Waals surface area contributed by atoms with Crippen LogP contribution in [0.1, 0.15) is 12.8 Å². The second-order valence-corrected chi connectivity index (χ2v) is 5.99. The Labute approximate surface area is 111 Å².